The SMILES string of the molecule is [C-]#[N+]c1cccc(-c2ccc3c(c2)CCN(CC(=O)Nc2cc(Cl)cc(Cl)c2)C3C2CCN(CCCCCO)CC2)c1. The van der Waals surface area contributed by atoms with Crippen LogP contribution in [0.1, 0.15) is 49.3 Å². The summed E-state index contributed by atoms with van der Waals surface area (Å²) < 4.78 is 0. The number of carbonyl (C=O) groups excluding carboxylic acids is 1. The zero-order valence-electron chi connectivity index (χ0n) is 23.9. The van der Waals surface area contributed by atoms with Crippen LogP contribution in [0.15, 0.2) is 60.7 Å². The fourth-order valence-electron chi connectivity index (χ4n) is 6.50. The Kier molecular flexibility index (Phi) is 10.5. The minimum absolute atomic E-state index is 0.0734. The lowest BCUT2D eigenvalue weighted by Gasteiger charge is -2.44. The molecule has 0 saturated carbocycles. The number of aliphatic hydroxyl groups is 1. The summed E-state index contributed by atoms with van der Waals surface area (Å²) in [5, 5.41) is 13.1. The lowest BCUT2D eigenvalue weighted by Crippen LogP contribution is -2.46. The maximum atomic E-state index is 13.3. The van der Waals surface area contributed by atoms with Crippen molar-refractivity contribution in [1.82, 2.24) is 9.80 Å². The zero-order valence-corrected chi connectivity index (χ0v) is 25.4. The van der Waals surface area contributed by atoms with Gasteiger partial charge in [-0.15, -0.1) is 0 Å². The molecule has 0 aromatic heterocycles. The van der Waals surface area contributed by atoms with Crippen molar-refractivity contribution in [2.24, 2.45) is 5.92 Å². The maximum absolute atomic E-state index is 13.3. The number of anilines is 1. The molecule has 6 nitrogen and oxygen atoms in total. The first-order valence-electron chi connectivity index (χ1n) is 14.9. The summed E-state index contributed by atoms with van der Waals surface area (Å²) in [6.07, 6.45) is 6.09. The summed E-state index contributed by atoms with van der Waals surface area (Å²) in [6, 6.07) is 19.7. The Morgan fingerprint density at radius 1 is 0.952 bits per heavy atom. The second kappa shape index (κ2) is 14.5. The van der Waals surface area contributed by atoms with Gasteiger partial charge < -0.3 is 15.3 Å². The summed E-state index contributed by atoms with van der Waals surface area (Å²) in [5.74, 6) is 0.373. The number of nitrogens with zero attached hydrogens (tertiary/aromatic N) is 3. The summed E-state index contributed by atoms with van der Waals surface area (Å²) >= 11 is 12.3. The number of rotatable bonds is 10. The summed E-state index contributed by atoms with van der Waals surface area (Å²) in [5.41, 5.74) is 6.07. The van der Waals surface area contributed by atoms with E-state index >= 15 is 0 Å². The number of fused-ring (bicyclic) bond motifs is 1. The van der Waals surface area contributed by atoms with E-state index in [1.807, 2.05) is 18.2 Å². The second-order valence-corrected chi connectivity index (χ2v) is 12.3. The average Bonchev–Trinajstić information content (AvgIpc) is 2.99. The zero-order chi connectivity index (χ0) is 29.5. The lowest BCUT2D eigenvalue weighted by atomic mass is 9.79. The number of benzene rings is 3. The molecule has 42 heavy (non-hydrogen) atoms. The summed E-state index contributed by atoms with van der Waals surface area (Å²) in [7, 11) is 0. The molecule has 1 atom stereocenters. The quantitative estimate of drug-likeness (QED) is 0.184. The first-order valence-corrected chi connectivity index (χ1v) is 15.6. The molecule has 2 aliphatic heterocycles. The molecule has 220 valence electrons. The molecule has 1 saturated heterocycles. The minimum Gasteiger partial charge on any atom is -0.396 e. The van der Waals surface area contributed by atoms with Gasteiger partial charge in [0.2, 0.25) is 5.91 Å². The molecule has 8 heteroatoms. The van der Waals surface area contributed by atoms with Gasteiger partial charge in [-0.25, -0.2) is 4.85 Å². The van der Waals surface area contributed by atoms with Crippen LogP contribution >= 0.6 is 23.2 Å². The second-order valence-electron chi connectivity index (χ2n) is 11.4. The van der Waals surface area contributed by atoms with Crippen molar-refractivity contribution in [3.05, 3.63) is 93.3 Å². The van der Waals surface area contributed by atoms with Crippen molar-refractivity contribution in [2.75, 3.05) is 44.6 Å². The normalized spacial score (nSPS) is 17.9. The van der Waals surface area contributed by atoms with E-state index in [2.05, 4.69) is 44.2 Å². The fourth-order valence-corrected chi connectivity index (χ4v) is 7.03. The van der Waals surface area contributed by atoms with Crippen LogP contribution in [0.4, 0.5) is 11.4 Å². The highest BCUT2D eigenvalue weighted by molar-refractivity contribution is 6.35. The van der Waals surface area contributed by atoms with Crippen LogP contribution in [0.3, 0.4) is 0 Å². The summed E-state index contributed by atoms with van der Waals surface area (Å²) in [6.45, 7) is 11.9. The smallest absolute Gasteiger partial charge is 0.238 e. The van der Waals surface area contributed by atoms with E-state index in [0.717, 1.165) is 75.8 Å². The molecule has 1 fully saturated rings. The van der Waals surface area contributed by atoms with Gasteiger partial charge in [-0.1, -0.05) is 59.6 Å². The number of halogens is 2. The van der Waals surface area contributed by atoms with E-state index in [1.165, 1.54) is 11.1 Å². The van der Waals surface area contributed by atoms with Crippen molar-refractivity contribution >= 4 is 40.5 Å². The number of carbonyl (C=O) groups is 1. The van der Waals surface area contributed by atoms with Gasteiger partial charge in [-0.3, -0.25) is 9.69 Å². The largest absolute Gasteiger partial charge is 0.396 e. The van der Waals surface area contributed by atoms with Gasteiger partial charge in [0.25, 0.3) is 0 Å². The Hall–Kier alpha value is -2.92. The van der Waals surface area contributed by atoms with Gasteiger partial charge in [0.1, 0.15) is 0 Å². The Morgan fingerprint density at radius 3 is 2.45 bits per heavy atom. The number of unbranched alkanes of at least 4 members (excludes halogenated alkanes) is 2. The van der Waals surface area contributed by atoms with Crippen LogP contribution in [-0.2, 0) is 11.2 Å². The monoisotopic (exact) mass is 604 g/mol. The minimum atomic E-state index is -0.0734. The molecule has 1 unspecified atom stereocenters. The predicted molar refractivity (Wildman–Crippen MR) is 171 cm³/mol. The molecule has 5 rings (SSSR count). The van der Waals surface area contributed by atoms with Gasteiger partial charge in [-0.2, -0.15) is 0 Å². The fraction of sp³-hybridized carbons (Fsp3) is 0.412. The van der Waals surface area contributed by atoms with Crippen LogP contribution in [-0.4, -0.2) is 60.1 Å². The Labute approximate surface area is 259 Å². The number of aliphatic hydroxyl groups excluding tert-OH is 1. The molecule has 1 amide bonds. The van der Waals surface area contributed by atoms with Crippen molar-refractivity contribution in [1.29, 1.82) is 0 Å². The third kappa shape index (κ3) is 7.72. The van der Waals surface area contributed by atoms with Crippen molar-refractivity contribution in [2.45, 2.75) is 44.6 Å². The highest BCUT2D eigenvalue weighted by Gasteiger charge is 2.36. The molecular formula is C34H38Cl2N4O2. The lowest BCUT2D eigenvalue weighted by molar-refractivity contribution is -0.118. The summed E-state index contributed by atoms with van der Waals surface area (Å²) in [4.78, 5) is 21.8. The van der Waals surface area contributed by atoms with Crippen molar-refractivity contribution < 1.29 is 9.90 Å². The number of nitrogens with one attached hydrogen (secondary N) is 1. The predicted octanol–water partition coefficient (Wildman–Crippen LogP) is 7.62. The molecule has 0 spiro atoms. The molecule has 2 heterocycles. The van der Waals surface area contributed by atoms with Gasteiger partial charge in [0.05, 0.1) is 13.1 Å². The number of hydrogen-bond donors (Lipinski definition) is 2. The Balaban J connectivity index is 1.35. The van der Waals surface area contributed by atoms with Crippen LogP contribution in [0.2, 0.25) is 10.0 Å². The highest BCUT2D eigenvalue weighted by Crippen LogP contribution is 2.41. The third-order valence-electron chi connectivity index (χ3n) is 8.54. The molecule has 2 N–H and O–H groups in total. The topological polar surface area (TPSA) is 60.2 Å². The first kappa shape index (κ1) is 30.5. The Morgan fingerprint density at radius 2 is 1.71 bits per heavy atom. The van der Waals surface area contributed by atoms with Gasteiger partial charge >= 0.3 is 0 Å². The van der Waals surface area contributed by atoms with Gasteiger partial charge in [-0.05, 0) is 111 Å². The van der Waals surface area contributed by atoms with Crippen LogP contribution in [0, 0.1) is 12.5 Å². The number of amides is 1. The number of piperidine rings is 1. The molecular weight excluding hydrogens is 567 g/mol. The molecule has 0 radical (unpaired) electrons. The third-order valence-corrected chi connectivity index (χ3v) is 8.97. The van der Waals surface area contributed by atoms with E-state index in [9.17, 15) is 4.79 Å². The van der Waals surface area contributed by atoms with Crippen LogP contribution in [0.25, 0.3) is 16.0 Å². The molecule has 2 aliphatic rings. The highest BCUT2D eigenvalue weighted by atomic mass is 35.5. The number of hydrogen-bond acceptors (Lipinski definition) is 4. The first-order chi connectivity index (χ1) is 20.4. The standard InChI is InChI=1S/C34H38Cl2N4O2/c1-37-30-7-5-6-25(19-30)26-8-9-32-27(18-26)12-16-40(23-33(42)38-31-21-28(35)20-29(36)22-31)34(32)24-10-14-39(15-11-24)13-3-2-4-17-41/h5-9,18-22,24,34,41H,2-4,10-17,23H2,(H,38,42). The number of likely N-dealkylation sites (tertiary alicyclic amines) is 1. The van der Waals surface area contributed by atoms with E-state index < -0.39 is 0 Å². The van der Waals surface area contributed by atoms with E-state index in [0.29, 0.717) is 33.9 Å². The van der Waals surface area contributed by atoms with E-state index in [-0.39, 0.29) is 18.6 Å². The Bertz CT molecular complexity index is 1410. The van der Waals surface area contributed by atoms with Crippen molar-refractivity contribution in [3.63, 3.8) is 0 Å². The van der Waals surface area contributed by atoms with E-state index in [1.54, 1.807) is 18.2 Å². The van der Waals surface area contributed by atoms with Gasteiger partial charge in [0, 0.05) is 34.9 Å². The van der Waals surface area contributed by atoms with Crippen LogP contribution < -0.4 is 5.32 Å². The van der Waals surface area contributed by atoms with Crippen molar-refractivity contribution in [3.8, 4) is 11.1 Å². The molecule has 0 bridgehead atoms. The van der Waals surface area contributed by atoms with Crippen LogP contribution in [0.5, 0.6) is 0 Å². The molecule has 3 aromatic rings. The maximum Gasteiger partial charge on any atom is 0.238 e. The van der Waals surface area contributed by atoms with E-state index in [4.69, 9.17) is 34.9 Å². The molecule has 0 aliphatic carbocycles. The van der Waals surface area contributed by atoms with Gasteiger partial charge in [0.15, 0.2) is 5.69 Å². The molecule has 3 aromatic carbocycles. The average molecular weight is 606 g/mol.